The van der Waals surface area contributed by atoms with E-state index in [4.69, 9.17) is 5.11 Å². The van der Waals surface area contributed by atoms with Crippen molar-refractivity contribution in [3.05, 3.63) is 52.2 Å². The summed E-state index contributed by atoms with van der Waals surface area (Å²) in [5, 5.41) is 10.9. The van der Waals surface area contributed by atoms with Gasteiger partial charge in [0.1, 0.15) is 6.33 Å². The first-order valence-corrected chi connectivity index (χ1v) is 7.39. The second kappa shape index (κ2) is 7.10. The van der Waals surface area contributed by atoms with Crippen molar-refractivity contribution in [2.24, 2.45) is 0 Å². The van der Waals surface area contributed by atoms with E-state index in [0.29, 0.717) is 0 Å². The first kappa shape index (κ1) is 15.3. The first-order valence-electron chi connectivity index (χ1n) is 6.51. The molecule has 2 heterocycles. The summed E-state index contributed by atoms with van der Waals surface area (Å²) in [5.74, 6) is -0.0972. The first-order chi connectivity index (χ1) is 10.1. The fraction of sp³-hybridized carbons (Fsp3) is 0.267. The van der Waals surface area contributed by atoms with Crippen molar-refractivity contribution in [3.8, 4) is 0 Å². The zero-order valence-electron chi connectivity index (χ0n) is 11.9. The third kappa shape index (κ3) is 3.96. The molecule has 2 rings (SSSR count). The Hall–Kier alpha value is -2.05. The summed E-state index contributed by atoms with van der Waals surface area (Å²) >= 11 is 1.49. The van der Waals surface area contributed by atoms with Crippen molar-refractivity contribution in [3.63, 3.8) is 0 Å². The number of aliphatic hydroxyl groups is 1. The minimum absolute atomic E-state index is 0.0168. The van der Waals surface area contributed by atoms with Gasteiger partial charge in [0.05, 0.1) is 18.3 Å². The summed E-state index contributed by atoms with van der Waals surface area (Å²) in [5.41, 5.74) is 1.66. The molecule has 1 amide bonds. The molecule has 0 saturated heterocycles. The van der Waals surface area contributed by atoms with Crippen LogP contribution in [0.5, 0.6) is 0 Å². The monoisotopic (exact) mass is 303 g/mol. The number of hydrogen-bond donors (Lipinski definition) is 1. The normalized spacial score (nSPS) is 12.5. The van der Waals surface area contributed by atoms with Gasteiger partial charge in [-0.15, -0.1) is 11.3 Å². The van der Waals surface area contributed by atoms with Crippen molar-refractivity contribution in [1.82, 2.24) is 14.9 Å². The number of rotatable bonds is 5. The molecule has 0 fully saturated rings. The van der Waals surface area contributed by atoms with E-state index in [1.807, 2.05) is 18.4 Å². The summed E-state index contributed by atoms with van der Waals surface area (Å²) in [6.45, 7) is 1.94. The third-order valence-corrected chi connectivity index (χ3v) is 4.15. The molecule has 1 atom stereocenters. The van der Waals surface area contributed by atoms with Crippen LogP contribution in [0.1, 0.15) is 29.1 Å². The minimum Gasteiger partial charge on any atom is -0.392 e. The lowest BCUT2D eigenvalue weighted by molar-refractivity contribution is -0.126. The van der Waals surface area contributed by atoms with Crippen molar-refractivity contribution < 1.29 is 9.90 Å². The number of nitrogens with zero attached hydrogens (tertiary/aromatic N) is 3. The Morgan fingerprint density at radius 1 is 1.57 bits per heavy atom. The lowest BCUT2D eigenvalue weighted by Gasteiger charge is -2.22. The highest BCUT2D eigenvalue weighted by atomic mass is 32.1. The van der Waals surface area contributed by atoms with Gasteiger partial charge in [-0.05, 0) is 36.1 Å². The molecule has 21 heavy (non-hydrogen) atoms. The molecule has 0 aliphatic carbocycles. The highest BCUT2D eigenvalue weighted by Crippen LogP contribution is 2.18. The van der Waals surface area contributed by atoms with Gasteiger partial charge in [-0.25, -0.2) is 9.97 Å². The fourth-order valence-corrected chi connectivity index (χ4v) is 2.57. The van der Waals surface area contributed by atoms with Gasteiger partial charge in [0, 0.05) is 24.2 Å². The molecule has 0 radical (unpaired) electrons. The van der Waals surface area contributed by atoms with E-state index >= 15 is 0 Å². The van der Waals surface area contributed by atoms with Crippen LogP contribution in [0.25, 0.3) is 6.08 Å². The van der Waals surface area contributed by atoms with Gasteiger partial charge in [-0.1, -0.05) is 0 Å². The quantitative estimate of drug-likeness (QED) is 0.860. The highest BCUT2D eigenvalue weighted by Gasteiger charge is 2.16. The van der Waals surface area contributed by atoms with Gasteiger partial charge in [0.2, 0.25) is 5.91 Å². The molecule has 6 heteroatoms. The lowest BCUT2D eigenvalue weighted by Crippen LogP contribution is -2.28. The van der Waals surface area contributed by atoms with Crippen LogP contribution in [0.4, 0.5) is 0 Å². The van der Waals surface area contributed by atoms with Gasteiger partial charge in [0.15, 0.2) is 0 Å². The second-order valence-corrected chi connectivity index (χ2v) is 5.55. The maximum absolute atomic E-state index is 12.2. The standard InChI is InChI=1S/C15H17N3O2S/c1-11(14-5-6-16-10-17-14)18(2)15(20)4-3-13-7-12(8-19)9-21-13/h3-7,9-11,19H,8H2,1-2H3/b4-3+. The number of aromatic nitrogens is 2. The number of carbonyl (C=O) groups is 1. The molecule has 5 nitrogen and oxygen atoms in total. The van der Waals surface area contributed by atoms with Crippen molar-refractivity contribution >= 4 is 23.3 Å². The van der Waals surface area contributed by atoms with Crippen molar-refractivity contribution in [2.45, 2.75) is 19.6 Å². The maximum atomic E-state index is 12.2. The molecule has 0 aromatic carbocycles. The number of aliphatic hydroxyl groups excluding tert-OH is 1. The highest BCUT2D eigenvalue weighted by molar-refractivity contribution is 7.11. The van der Waals surface area contributed by atoms with Crippen LogP contribution in [-0.2, 0) is 11.4 Å². The molecule has 0 saturated carbocycles. The van der Waals surface area contributed by atoms with Crippen molar-refractivity contribution in [1.29, 1.82) is 0 Å². The van der Waals surface area contributed by atoms with Crippen LogP contribution in [0, 0.1) is 0 Å². The summed E-state index contributed by atoms with van der Waals surface area (Å²) < 4.78 is 0. The van der Waals surface area contributed by atoms with E-state index in [-0.39, 0.29) is 18.6 Å². The summed E-state index contributed by atoms with van der Waals surface area (Å²) in [4.78, 5) is 22.8. The molecular weight excluding hydrogens is 286 g/mol. The topological polar surface area (TPSA) is 66.3 Å². The molecule has 2 aromatic rings. The largest absolute Gasteiger partial charge is 0.392 e. The number of hydrogen-bond acceptors (Lipinski definition) is 5. The van der Waals surface area contributed by atoms with E-state index in [9.17, 15) is 4.79 Å². The van der Waals surface area contributed by atoms with Crippen LogP contribution >= 0.6 is 11.3 Å². The predicted molar refractivity (Wildman–Crippen MR) is 82.5 cm³/mol. The molecular formula is C15H17N3O2S. The van der Waals surface area contributed by atoms with Crippen LogP contribution in [-0.4, -0.2) is 32.9 Å². The van der Waals surface area contributed by atoms with Crippen molar-refractivity contribution in [2.75, 3.05) is 7.05 Å². The average molecular weight is 303 g/mol. The van der Waals surface area contributed by atoms with E-state index in [1.165, 1.54) is 23.7 Å². The number of amides is 1. The smallest absolute Gasteiger partial charge is 0.246 e. The summed E-state index contributed by atoms with van der Waals surface area (Å²) in [6.07, 6.45) is 6.43. The van der Waals surface area contributed by atoms with Gasteiger partial charge >= 0.3 is 0 Å². The number of likely N-dealkylation sites (N-methyl/N-ethyl adjacent to an activating group) is 1. The van der Waals surface area contributed by atoms with E-state index < -0.39 is 0 Å². The molecule has 1 N–H and O–H groups in total. The Balaban J connectivity index is 2.02. The Morgan fingerprint density at radius 3 is 3.00 bits per heavy atom. The predicted octanol–water partition coefficient (Wildman–Crippen LogP) is 2.26. The van der Waals surface area contributed by atoms with Crippen LogP contribution in [0.15, 0.2) is 36.1 Å². The van der Waals surface area contributed by atoms with Gasteiger partial charge in [0.25, 0.3) is 0 Å². The summed E-state index contributed by atoms with van der Waals surface area (Å²) in [6, 6.07) is 3.54. The molecule has 110 valence electrons. The molecule has 0 aliphatic heterocycles. The SMILES string of the molecule is CC(c1ccncn1)N(C)C(=O)/C=C/c1cc(CO)cs1. The molecule has 0 bridgehead atoms. The molecule has 0 aliphatic rings. The lowest BCUT2D eigenvalue weighted by atomic mass is 10.2. The van der Waals surface area contributed by atoms with Gasteiger partial charge in [-0.3, -0.25) is 4.79 Å². The Labute approximate surface area is 127 Å². The molecule has 2 aromatic heterocycles. The van der Waals surface area contributed by atoms with Gasteiger partial charge < -0.3 is 10.0 Å². The minimum atomic E-state index is -0.124. The zero-order valence-corrected chi connectivity index (χ0v) is 12.7. The third-order valence-electron chi connectivity index (χ3n) is 3.21. The Bertz CT molecular complexity index is 625. The van der Waals surface area contributed by atoms with E-state index in [1.54, 1.807) is 30.3 Å². The second-order valence-electron chi connectivity index (χ2n) is 4.61. The maximum Gasteiger partial charge on any atom is 0.246 e. The summed E-state index contributed by atoms with van der Waals surface area (Å²) in [7, 11) is 1.74. The van der Waals surface area contributed by atoms with Crippen LogP contribution in [0.3, 0.4) is 0 Å². The number of carbonyl (C=O) groups excluding carboxylic acids is 1. The van der Waals surface area contributed by atoms with Crippen LogP contribution < -0.4 is 0 Å². The van der Waals surface area contributed by atoms with E-state index in [2.05, 4.69) is 9.97 Å². The molecule has 0 spiro atoms. The molecule has 1 unspecified atom stereocenters. The zero-order chi connectivity index (χ0) is 15.2. The fourth-order valence-electron chi connectivity index (χ4n) is 1.77. The van der Waals surface area contributed by atoms with Gasteiger partial charge in [-0.2, -0.15) is 0 Å². The van der Waals surface area contributed by atoms with E-state index in [0.717, 1.165) is 16.1 Å². The number of thiophene rings is 1. The van der Waals surface area contributed by atoms with Crippen LogP contribution in [0.2, 0.25) is 0 Å². The Kier molecular flexibility index (Phi) is 5.19. The average Bonchev–Trinajstić information content (AvgIpc) is 3.00. The Morgan fingerprint density at radius 2 is 2.38 bits per heavy atom.